The lowest BCUT2D eigenvalue weighted by atomic mass is 10.2. The van der Waals surface area contributed by atoms with Gasteiger partial charge in [-0.05, 0) is 55.0 Å². The molecule has 0 spiro atoms. The van der Waals surface area contributed by atoms with Gasteiger partial charge in [0.05, 0.1) is 4.90 Å². The maximum absolute atomic E-state index is 12.5. The zero-order valence-electron chi connectivity index (χ0n) is 13.8. The smallest absolute Gasteiger partial charge is 0.242 e. The van der Waals surface area contributed by atoms with Crippen LogP contribution in [0.15, 0.2) is 51.8 Å². The molecule has 5 nitrogen and oxygen atoms in total. The highest BCUT2D eigenvalue weighted by Gasteiger charge is 2.23. The third kappa shape index (κ3) is 5.43. The molecule has 0 bridgehead atoms. The van der Waals surface area contributed by atoms with Crippen LogP contribution in [-0.4, -0.2) is 44.1 Å². The molecule has 2 rings (SSSR count). The molecular weight excluding hydrogens is 430 g/mol. The van der Waals surface area contributed by atoms with Crippen LogP contribution in [0.1, 0.15) is 5.56 Å². The maximum atomic E-state index is 12.5. The second kappa shape index (κ2) is 8.51. The molecule has 0 saturated heterocycles. The number of rotatable bonds is 7. The molecule has 0 unspecified atom stereocenters. The lowest BCUT2D eigenvalue weighted by molar-refractivity contribution is 0.0935. The molecule has 0 aromatic heterocycles. The zero-order chi connectivity index (χ0) is 18.6. The fourth-order valence-corrected chi connectivity index (χ4v) is 3.72. The number of ether oxygens (including phenoxy) is 1. The highest BCUT2D eigenvalue weighted by atomic mass is 79.9. The van der Waals surface area contributed by atoms with Crippen LogP contribution in [0.5, 0.6) is 5.75 Å². The number of likely N-dealkylation sites (N-methyl/N-ethyl adjacent to an activating group) is 1. The van der Waals surface area contributed by atoms with Crippen molar-refractivity contribution in [2.45, 2.75) is 17.9 Å². The first kappa shape index (κ1) is 20.2. The van der Waals surface area contributed by atoms with Gasteiger partial charge in [-0.2, -0.15) is 4.31 Å². The number of aryl methyl sites for hydroxylation is 1. The van der Waals surface area contributed by atoms with E-state index < -0.39 is 16.1 Å². The minimum absolute atomic E-state index is 0.0265. The molecule has 25 heavy (non-hydrogen) atoms. The van der Waals surface area contributed by atoms with E-state index in [2.05, 4.69) is 15.9 Å². The van der Waals surface area contributed by atoms with Crippen molar-refractivity contribution >= 4 is 37.6 Å². The Bertz CT molecular complexity index is 827. The maximum Gasteiger partial charge on any atom is 0.242 e. The minimum Gasteiger partial charge on any atom is -0.491 e. The van der Waals surface area contributed by atoms with Crippen LogP contribution in [0.25, 0.3) is 0 Å². The third-order valence-corrected chi connectivity index (χ3v) is 6.35. The number of hydrogen-bond acceptors (Lipinski definition) is 4. The normalized spacial score (nSPS) is 13.0. The molecule has 0 amide bonds. The Labute approximate surface area is 161 Å². The van der Waals surface area contributed by atoms with Crippen molar-refractivity contribution in [3.05, 3.63) is 57.5 Å². The van der Waals surface area contributed by atoms with Crippen LogP contribution < -0.4 is 4.74 Å². The summed E-state index contributed by atoms with van der Waals surface area (Å²) in [5, 5.41) is 10.7. The Morgan fingerprint density at radius 1 is 1.24 bits per heavy atom. The molecule has 1 N–H and O–H groups in total. The van der Waals surface area contributed by atoms with Gasteiger partial charge in [0.15, 0.2) is 0 Å². The number of aliphatic hydroxyl groups excluding tert-OH is 1. The van der Waals surface area contributed by atoms with E-state index in [1.54, 1.807) is 30.3 Å². The molecule has 0 heterocycles. The van der Waals surface area contributed by atoms with Crippen LogP contribution in [0.3, 0.4) is 0 Å². The van der Waals surface area contributed by atoms with Crippen molar-refractivity contribution in [1.82, 2.24) is 4.31 Å². The number of sulfonamides is 1. The number of halogens is 2. The lowest BCUT2D eigenvalue weighted by Crippen LogP contribution is -2.37. The largest absolute Gasteiger partial charge is 0.491 e. The highest BCUT2D eigenvalue weighted by molar-refractivity contribution is 9.10. The van der Waals surface area contributed by atoms with E-state index >= 15 is 0 Å². The molecular formula is C17H19BrClNO4S. The average Bonchev–Trinajstić information content (AvgIpc) is 2.56. The van der Waals surface area contributed by atoms with Crippen LogP contribution in [-0.2, 0) is 10.0 Å². The molecule has 2 aromatic carbocycles. The summed E-state index contributed by atoms with van der Waals surface area (Å²) in [6, 6.07) is 11.5. The van der Waals surface area contributed by atoms with E-state index in [1.165, 1.54) is 19.2 Å². The average molecular weight is 449 g/mol. The van der Waals surface area contributed by atoms with Gasteiger partial charge in [-0.15, -0.1) is 0 Å². The van der Waals surface area contributed by atoms with Crippen LogP contribution in [0.2, 0.25) is 5.02 Å². The quantitative estimate of drug-likeness (QED) is 0.704. The zero-order valence-corrected chi connectivity index (χ0v) is 17.0. The van der Waals surface area contributed by atoms with Gasteiger partial charge in [-0.3, -0.25) is 0 Å². The molecule has 0 aliphatic rings. The number of aliphatic hydroxyl groups is 1. The Balaban J connectivity index is 1.95. The minimum atomic E-state index is -3.67. The Kier molecular flexibility index (Phi) is 6.87. The van der Waals surface area contributed by atoms with Gasteiger partial charge in [0.1, 0.15) is 18.5 Å². The summed E-state index contributed by atoms with van der Waals surface area (Å²) in [6.45, 7) is 1.75. The van der Waals surface area contributed by atoms with E-state index in [0.29, 0.717) is 10.8 Å². The Hall–Kier alpha value is -1.12. The van der Waals surface area contributed by atoms with Crippen molar-refractivity contribution in [2.75, 3.05) is 20.2 Å². The highest BCUT2D eigenvalue weighted by Crippen LogP contribution is 2.21. The van der Waals surface area contributed by atoms with Gasteiger partial charge in [-0.25, -0.2) is 8.42 Å². The van der Waals surface area contributed by atoms with Crippen LogP contribution in [0.4, 0.5) is 0 Å². The van der Waals surface area contributed by atoms with E-state index in [1.807, 2.05) is 6.92 Å². The molecule has 8 heteroatoms. The second-order valence-corrected chi connectivity index (χ2v) is 8.98. The summed E-state index contributed by atoms with van der Waals surface area (Å²) >= 11 is 9.22. The predicted octanol–water partition coefficient (Wildman–Crippen LogP) is 3.47. The Morgan fingerprint density at radius 3 is 2.48 bits per heavy atom. The number of hydrogen-bond donors (Lipinski definition) is 1. The molecule has 0 fully saturated rings. The van der Waals surface area contributed by atoms with Gasteiger partial charge >= 0.3 is 0 Å². The molecule has 0 saturated carbocycles. The van der Waals surface area contributed by atoms with E-state index in [4.69, 9.17) is 16.3 Å². The summed E-state index contributed by atoms with van der Waals surface area (Å²) in [5.74, 6) is 0.569. The standard InChI is InChI=1S/C17H19BrClNO4S/c1-12-9-15(5-8-17(12)19)24-11-14(21)10-20(2)25(22,23)16-6-3-13(18)4-7-16/h3-9,14,21H,10-11H2,1-2H3/t14-/m0/s1. The van der Waals surface area contributed by atoms with Gasteiger partial charge in [0, 0.05) is 23.1 Å². The van der Waals surface area contributed by atoms with Crippen molar-refractivity contribution in [2.24, 2.45) is 0 Å². The van der Waals surface area contributed by atoms with Crippen molar-refractivity contribution in [1.29, 1.82) is 0 Å². The van der Waals surface area contributed by atoms with Crippen molar-refractivity contribution < 1.29 is 18.3 Å². The fourth-order valence-electron chi connectivity index (χ4n) is 2.13. The van der Waals surface area contributed by atoms with E-state index in [-0.39, 0.29) is 18.0 Å². The first-order chi connectivity index (χ1) is 11.7. The number of benzene rings is 2. The van der Waals surface area contributed by atoms with Crippen molar-refractivity contribution in [3.63, 3.8) is 0 Å². The van der Waals surface area contributed by atoms with Crippen LogP contribution >= 0.6 is 27.5 Å². The van der Waals surface area contributed by atoms with Gasteiger partial charge < -0.3 is 9.84 Å². The summed E-state index contributed by atoms with van der Waals surface area (Å²) < 4.78 is 32.4. The summed E-state index contributed by atoms with van der Waals surface area (Å²) in [6.07, 6.45) is -0.966. The lowest BCUT2D eigenvalue weighted by Gasteiger charge is -2.21. The molecule has 0 radical (unpaired) electrons. The third-order valence-electron chi connectivity index (χ3n) is 3.56. The van der Waals surface area contributed by atoms with Gasteiger partial charge in [-0.1, -0.05) is 27.5 Å². The SMILES string of the molecule is Cc1cc(OC[C@@H](O)CN(C)S(=O)(=O)c2ccc(Br)cc2)ccc1Cl. The first-order valence-corrected chi connectivity index (χ1v) is 10.1. The second-order valence-electron chi connectivity index (χ2n) is 5.62. The topological polar surface area (TPSA) is 66.8 Å². The van der Waals surface area contributed by atoms with E-state index in [9.17, 15) is 13.5 Å². The number of nitrogens with zero attached hydrogens (tertiary/aromatic N) is 1. The molecule has 1 atom stereocenters. The summed E-state index contributed by atoms with van der Waals surface area (Å²) in [5.41, 5.74) is 0.864. The summed E-state index contributed by atoms with van der Waals surface area (Å²) in [7, 11) is -2.24. The van der Waals surface area contributed by atoms with Gasteiger partial charge in [0.2, 0.25) is 10.0 Å². The molecule has 0 aliphatic carbocycles. The van der Waals surface area contributed by atoms with Crippen LogP contribution in [0, 0.1) is 6.92 Å². The predicted molar refractivity (Wildman–Crippen MR) is 102 cm³/mol. The molecule has 0 aliphatic heterocycles. The first-order valence-electron chi connectivity index (χ1n) is 7.49. The fraction of sp³-hybridized carbons (Fsp3) is 0.294. The molecule has 2 aromatic rings. The van der Waals surface area contributed by atoms with Crippen molar-refractivity contribution in [3.8, 4) is 5.75 Å². The summed E-state index contributed by atoms with van der Waals surface area (Å²) in [4.78, 5) is 0.166. The monoisotopic (exact) mass is 447 g/mol. The van der Waals surface area contributed by atoms with E-state index in [0.717, 1.165) is 14.3 Å². The van der Waals surface area contributed by atoms with Gasteiger partial charge in [0.25, 0.3) is 0 Å². The Morgan fingerprint density at radius 2 is 1.88 bits per heavy atom. The molecule has 136 valence electrons.